The number of anilines is 2. The van der Waals surface area contributed by atoms with Gasteiger partial charge in [0, 0.05) is 6.54 Å². The molecule has 20 heavy (non-hydrogen) atoms. The number of hydrogen-bond acceptors (Lipinski definition) is 1. The molecule has 0 radical (unpaired) electrons. The van der Waals surface area contributed by atoms with Crippen molar-refractivity contribution in [2.45, 2.75) is 6.92 Å². The lowest BCUT2D eigenvalue weighted by atomic mass is 10.1. The zero-order chi connectivity index (χ0) is 13.9. The summed E-state index contributed by atoms with van der Waals surface area (Å²) >= 11 is 0. The first-order valence-electron chi connectivity index (χ1n) is 6.75. The van der Waals surface area contributed by atoms with Crippen LogP contribution in [0.3, 0.4) is 0 Å². The molecule has 2 amide bonds. The summed E-state index contributed by atoms with van der Waals surface area (Å²) in [7, 11) is 0. The molecule has 0 atom stereocenters. The number of carbonyl (C=O) groups excluding carboxylic acids is 1. The molecule has 1 heterocycles. The molecule has 0 aliphatic carbocycles. The first-order chi connectivity index (χ1) is 9.81. The molecule has 1 N–H and O–H groups in total. The molecule has 0 bridgehead atoms. The van der Waals surface area contributed by atoms with Crippen LogP contribution in [-0.2, 0) is 0 Å². The third-order valence-electron chi connectivity index (χ3n) is 3.33. The zero-order valence-electron chi connectivity index (χ0n) is 11.3. The number of nitrogens with one attached hydrogen (secondary N) is 1. The van der Waals surface area contributed by atoms with E-state index in [0.29, 0.717) is 6.54 Å². The Morgan fingerprint density at radius 2 is 1.45 bits per heavy atom. The second-order valence-electron chi connectivity index (χ2n) is 4.62. The number of benzene rings is 2. The van der Waals surface area contributed by atoms with Gasteiger partial charge in [0.1, 0.15) is 0 Å². The van der Waals surface area contributed by atoms with Gasteiger partial charge in [-0.15, -0.1) is 0 Å². The van der Waals surface area contributed by atoms with E-state index in [4.69, 9.17) is 0 Å². The lowest BCUT2D eigenvalue weighted by Gasteiger charge is -2.24. The smallest absolute Gasteiger partial charge is 0.326 e. The van der Waals surface area contributed by atoms with Crippen molar-refractivity contribution in [2.75, 3.05) is 11.4 Å². The van der Waals surface area contributed by atoms with E-state index in [1.54, 1.807) is 4.90 Å². The van der Waals surface area contributed by atoms with Crippen molar-refractivity contribution in [1.82, 2.24) is 5.32 Å². The number of urea groups is 1. The van der Waals surface area contributed by atoms with Gasteiger partial charge in [0.25, 0.3) is 0 Å². The minimum atomic E-state index is -0.101. The molecule has 0 aromatic heterocycles. The van der Waals surface area contributed by atoms with Crippen LogP contribution >= 0.6 is 0 Å². The van der Waals surface area contributed by atoms with E-state index in [0.717, 1.165) is 22.5 Å². The van der Waals surface area contributed by atoms with Crippen LogP contribution in [0.4, 0.5) is 16.2 Å². The highest BCUT2D eigenvalue weighted by atomic mass is 16.2. The van der Waals surface area contributed by atoms with Crippen LogP contribution in [0.25, 0.3) is 12.2 Å². The summed E-state index contributed by atoms with van der Waals surface area (Å²) in [4.78, 5) is 14.2. The fraction of sp³-hybridized carbons (Fsp3) is 0.118. The molecule has 0 saturated carbocycles. The Labute approximate surface area is 118 Å². The van der Waals surface area contributed by atoms with E-state index in [-0.39, 0.29) is 6.03 Å². The van der Waals surface area contributed by atoms with E-state index in [1.807, 2.05) is 67.6 Å². The van der Waals surface area contributed by atoms with Crippen LogP contribution < -0.4 is 10.2 Å². The Morgan fingerprint density at radius 1 is 0.950 bits per heavy atom. The predicted octanol–water partition coefficient (Wildman–Crippen LogP) is 4.04. The fourth-order valence-electron chi connectivity index (χ4n) is 2.42. The van der Waals surface area contributed by atoms with Gasteiger partial charge in [-0.1, -0.05) is 48.6 Å². The summed E-state index contributed by atoms with van der Waals surface area (Å²) in [6.45, 7) is 2.53. The largest absolute Gasteiger partial charge is 0.338 e. The highest BCUT2D eigenvalue weighted by Gasteiger charge is 2.22. The van der Waals surface area contributed by atoms with E-state index in [2.05, 4.69) is 5.32 Å². The fourth-order valence-corrected chi connectivity index (χ4v) is 2.42. The van der Waals surface area contributed by atoms with Gasteiger partial charge < -0.3 is 5.32 Å². The van der Waals surface area contributed by atoms with Crippen molar-refractivity contribution < 1.29 is 4.79 Å². The van der Waals surface area contributed by atoms with Crippen LogP contribution in [0.15, 0.2) is 48.5 Å². The summed E-state index contributed by atoms with van der Waals surface area (Å²) in [5.74, 6) is 0. The third kappa shape index (κ3) is 2.07. The van der Waals surface area contributed by atoms with Gasteiger partial charge in [-0.2, -0.15) is 0 Å². The van der Waals surface area contributed by atoms with Gasteiger partial charge in [-0.05, 0) is 30.2 Å². The van der Waals surface area contributed by atoms with Crippen LogP contribution in [-0.4, -0.2) is 12.6 Å². The topological polar surface area (TPSA) is 32.3 Å². The molecule has 100 valence electrons. The lowest BCUT2D eigenvalue weighted by Crippen LogP contribution is -2.37. The quantitative estimate of drug-likeness (QED) is 0.828. The summed E-state index contributed by atoms with van der Waals surface area (Å²) in [5, 5.41) is 2.88. The molecular formula is C17H16N2O. The van der Waals surface area contributed by atoms with Crippen LogP contribution in [0.5, 0.6) is 0 Å². The van der Waals surface area contributed by atoms with Gasteiger partial charge in [-0.25, -0.2) is 4.79 Å². The number of para-hydroxylation sites is 2. The maximum Gasteiger partial charge on any atom is 0.326 e. The van der Waals surface area contributed by atoms with Crippen LogP contribution in [0.1, 0.15) is 18.1 Å². The SMILES string of the molecule is CCNC(=O)N1c2ccccc2C=Cc2ccccc21. The van der Waals surface area contributed by atoms with Crippen molar-refractivity contribution in [3.05, 3.63) is 59.7 Å². The molecule has 2 aromatic carbocycles. The van der Waals surface area contributed by atoms with Gasteiger partial charge in [0.2, 0.25) is 0 Å². The average Bonchev–Trinajstić information content (AvgIpc) is 2.64. The molecule has 1 aliphatic heterocycles. The molecule has 1 aliphatic rings. The standard InChI is InChI=1S/C17H16N2O/c1-2-18-17(20)19-15-9-5-3-7-13(15)11-12-14-8-4-6-10-16(14)19/h3-12H,2H2,1H3,(H,18,20). The lowest BCUT2D eigenvalue weighted by molar-refractivity contribution is 0.249. The van der Waals surface area contributed by atoms with Crippen LogP contribution in [0.2, 0.25) is 0 Å². The molecule has 2 aromatic rings. The molecule has 0 spiro atoms. The number of amides is 2. The Morgan fingerprint density at radius 3 is 1.95 bits per heavy atom. The second-order valence-corrected chi connectivity index (χ2v) is 4.62. The number of nitrogens with zero attached hydrogens (tertiary/aromatic N) is 1. The Hall–Kier alpha value is -2.55. The van der Waals surface area contributed by atoms with Crippen LogP contribution in [0, 0.1) is 0 Å². The van der Waals surface area contributed by atoms with Gasteiger partial charge in [0.05, 0.1) is 11.4 Å². The minimum Gasteiger partial charge on any atom is -0.338 e. The molecule has 3 rings (SSSR count). The number of hydrogen-bond donors (Lipinski definition) is 1. The monoisotopic (exact) mass is 264 g/mol. The molecule has 3 nitrogen and oxygen atoms in total. The third-order valence-corrected chi connectivity index (χ3v) is 3.33. The first-order valence-corrected chi connectivity index (χ1v) is 6.75. The Balaban J connectivity index is 2.20. The van der Waals surface area contributed by atoms with Gasteiger partial charge in [-0.3, -0.25) is 4.90 Å². The molecule has 0 saturated heterocycles. The van der Waals surface area contributed by atoms with Crippen molar-refractivity contribution >= 4 is 29.6 Å². The number of rotatable bonds is 1. The molecule has 0 fully saturated rings. The summed E-state index contributed by atoms with van der Waals surface area (Å²) in [6.07, 6.45) is 4.10. The maximum atomic E-state index is 12.5. The highest BCUT2D eigenvalue weighted by Crippen LogP contribution is 2.35. The number of carbonyl (C=O) groups is 1. The summed E-state index contributed by atoms with van der Waals surface area (Å²) in [6, 6.07) is 15.7. The van der Waals surface area contributed by atoms with E-state index in [9.17, 15) is 4.79 Å². The highest BCUT2D eigenvalue weighted by molar-refractivity contribution is 6.05. The van der Waals surface area contributed by atoms with E-state index in [1.165, 1.54) is 0 Å². The second kappa shape index (κ2) is 5.21. The van der Waals surface area contributed by atoms with E-state index < -0.39 is 0 Å². The van der Waals surface area contributed by atoms with Gasteiger partial charge >= 0.3 is 6.03 Å². The minimum absolute atomic E-state index is 0.101. The maximum absolute atomic E-state index is 12.5. The zero-order valence-corrected chi connectivity index (χ0v) is 11.3. The van der Waals surface area contributed by atoms with Crippen molar-refractivity contribution in [2.24, 2.45) is 0 Å². The summed E-state index contributed by atoms with van der Waals surface area (Å²) in [5.41, 5.74) is 3.88. The van der Waals surface area contributed by atoms with E-state index >= 15 is 0 Å². The molecule has 3 heteroatoms. The normalized spacial score (nSPS) is 12.3. The molecule has 0 unspecified atom stereocenters. The average molecular weight is 264 g/mol. The van der Waals surface area contributed by atoms with Crippen molar-refractivity contribution in [1.29, 1.82) is 0 Å². The Bertz CT molecular complexity index is 627. The predicted molar refractivity (Wildman–Crippen MR) is 83.0 cm³/mol. The Kier molecular flexibility index (Phi) is 3.25. The van der Waals surface area contributed by atoms with Crippen molar-refractivity contribution in [3.63, 3.8) is 0 Å². The summed E-state index contributed by atoms with van der Waals surface area (Å²) < 4.78 is 0. The first kappa shape index (κ1) is 12.5. The van der Waals surface area contributed by atoms with Crippen molar-refractivity contribution in [3.8, 4) is 0 Å². The number of fused-ring (bicyclic) bond motifs is 2. The molecular weight excluding hydrogens is 248 g/mol. The van der Waals surface area contributed by atoms with Gasteiger partial charge in [0.15, 0.2) is 0 Å².